The fraction of sp³-hybridized carbons (Fsp3) is 0.176. The van der Waals surface area contributed by atoms with Crippen molar-refractivity contribution < 1.29 is 9.53 Å². The molecule has 6 heteroatoms. The normalized spacial score (nSPS) is 11.8. The Bertz CT molecular complexity index is 900. The molecule has 0 unspecified atom stereocenters. The number of para-hydroxylation sites is 2. The third-order valence-electron chi connectivity index (χ3n) is 3.32. The summed E-state index contributed by atoms with van der Waals surface area (Å²) in [5, 5.41) is 0. The average Bonchev–Trinajstić information content (AvgIpc) is 2.86. The summed E-state index contributed by atoms with van der Waals surface area (Å²) >= 11 is 5.04. The minimum Gasteiger partial charge on any atom is -0.493 e. The molecular formula is C17H15BrN2O2S. The van der Waals surface area contributed by atoms with Crippen LogP contribution in [0.25, 0.3) is 10.2 Å². The fourth-order valence-electron chi connectivity index (χ4n) is 2.20. The van der Waals surface area contributed by atoms with Gasteiger partial charge in [-0.15, -0.1) is 0 Å². The van der Waals surface area contributed by atoms with Crippen LogP contribution in [0.5, 0.6) is 5.75 Å². The highest BCUT2D eigenvalue weighted by molar-refractivity contribution is 9.10. The van der Waals surface area contributed by atoms with Crippen molar-refractivity contribution in [2.45, 2.75) is 6.42 Å². The monoisotopic (exact) mass is 390 g/mol. The molecule has 3 rings (SSSR count). The van der Waals surface area contributed by atoms with E-state index in [1.54, 1.807) is 0 Å². The lowest BCUT2D eigenvalue weighted by Crippen LogP contribution is -2.14. The lowest BCUT2D eigenvalue weighted by Gasteiger charge is -2.03. The second kappa shape index (κ2) is 7.10. The maximum absolute atomic E-state index is 12.1. The quantitative estimate of drug-likeness (QED) is 0.677. The van der Waals surface area contributed by atoms with E-state index in [9.17, 15) is 4.79 Å². The van der Waals surface area contributed by atoms with Gasteiger partial charge in [0.2, 0.25) is 0 Å². The molecule has 0 radical (unpaired) electrons. The van der Waals surface area contributed by atoms with Gasteiger partial charge in [-0.1, -0.05) is 35.6 Å². The number of nitrogens with zero attached hydrogens (tertiary/aromatic N) is 2. The first kappa shape index (κ1) is 16.0. The van der Waals surface area contributed by atoms with Gasteiger partial charge in [0.25, 0.3) is 5.91 Å². The van der Waals surface area contributed by atoms with Crippen LogP contribution in [0, 0.1) is 0 Å². The van der Waals surface area contributed by atoms with E-state index in [-0.39, 0.29) is 12.3 Å². The van der Waals surface area contributed by atoms with Crippen molar-refractivity contribution in [2.24, 2.45) is 12.0 Å². The zero-order valence-electron chi connectivity index (χ0n) is 12.5. The average molecular weight is 391 g/mol. The highest BCUT2D eigenvalue weighted by Crippen LogP contribution is 2.24. The van der Waals surface area contributed by atoms with Crippen LogP contribution in [-0.2, 0) is 11.8 Å². The van der Waals surface area contributed by atoms with Crippen molar-refractivity contribution >= 4 is 43.4 Å². The Balaban J connectivity index is 1.72. The molecule has 4 nitrogen and oxygen atoms in total. The number of halogens is 1. The molecule has 1 heterocycles. The molecule has 0 spiro atoms. The van der Waals surface area contributed by atoms with Crippen LogP contribution in [0.15, 0.2) is 58.0 Å². The van der Waals surface area contributed by atoms with Crippen LogP contribution in [0.3, 0.4) is 0 Å². The molecule has 0 aliphatic carbocycles. The predicted molar refractivity (Wildman–Crippen MR) is 95.6 cm³/mol. The summed E-state index contributed by atoms with van der Waals surface area (Å²) in [7, 11) is 1.91. The Morgan fingerprint density at radius 1 is 1.22 bits per heavy atom. The molecule has 0 aliphatic heterocycles. The molecule has 0 saturated heterocycles. The summed E-state index contributed by atoms with van der Waals surface area (Å²) < 4.78 is 9.55. The van der Waals surface area contributed by atoms with Crippen LogP contribution in [-0.4, -0.2) is 17.1 Å². The smallest absolute Gasteiger partial charge is 0.251 e. The number of amides is 1. The van der Waals surface area contributed by atoms with E-state index in [0.29, 0.717) is 11.4 Å². The van der Waals surface area contributed by atoms with E-state index < -0.39 is 0 Å². The molecule has 0 saturated carbocycles. The van der Waals surface area contributed by atoms with Crippen molar-refractivity contribution in [3.63, 3.8) is 0 Å². The van der Waals surface area contributed by atoms with Crippen LogP contribution < -0.4 is 9.54 Å². The second-order valence-corrected chi connectivity index (χ2v) is 6.81. The number of hydrogen-bond donors (Lipinski definition) is 0. The molecule has 1 aromatic heterocycles. The van der Waals surface area contributed by atoms with Crippen LogP contribution in [0.4, 0.5) is 0 Å². The van der Waals surface area contributed by atoms with Gasteiger partial charge in [0.15, 0.2) is 4.80 Å². The van der Waals surface area contributed by atoms with Gasteiger partial charge in [0.05, 0.1) is 23.2 Å². The molecule has 3 aromatic rings. The summed E-state index contributed by atoms with van der Waals surface area (Å²) in [6.45, 7) is 0.324. The largest absolute Gasteiger partial charge is 0.493 e. The summed E-state index contributed by atoms with van der Waals surface area (Å²) in [5.41, 5.74) is 1.05. The molecule has 0 bridgehead atoms. The molecule has 1 amide bonds. The Hall–Kier alpha value is -1.92. The summed E-state index contributed by atoms with van der Waals surface area (Å²) in [6, 6.07) is 15.4. The number of thiazole rings is 1. The lowest BCUT2D eigenvalue weighted by molar-refractivity contribution is -0.118. The summed E-state index contributed by atoms with van der Waals surface area (Å²) in [5.74, 6) is 0.579. The van der Waals surface area contributed by atoms with E-state index in [1.807, 2.05) is 60.1 Å². The van der Waals surface area contributed by atoms with Gasteiger partial charge in [0, 0.05) is 11.5 Å². The number of carbonyl (C=O) groups is 1. The Labute approximate surface area is 146 Å². The highest BCUT2D eigenvalue weighted by Gasteiger charge is 2.07. The lowest BCUT2D eigenvalue weighted by atomic mass is 10.3. The van der Waals surface area contributed by atoms with E-state index in [0.717, 1.165) is 20.4 Å². The second-order valence-electron chi connectivity index (χ2n) is 4.95. The third-order valence-corrected chi connectivity index (χ3v) is 5.06. The van der Waals surface area contributed by atoms with E-state index in [2.05, 4.69) is 20.9 Å². The van der Waals surface area contributed by atoms with Gasteiger partial charge in [-0.05, 0) is 40.2 Å². The highest BCUT2D eigenvalue weighted by atomic mass is 79.9. The van der Waals surface area contributed by atoms with E-state index in [4.69, 9.17) is 4.74 Å². The number of ether oxygens (including phenoxy) is 1. The predicted octanol–water partition coefficient (Wildman–Crippen LogP) is 3.90. The minimum absolute atomic E-state index is 0.181. The number of aromatic nitrogens is 1. The Morgan fingerprint density at radius 2 is 2.00 bits per heavy atom. The summed E-state index contributed by atoms with van der Waals surface area (Å²) in [4.78, 5) is 17.0. The van der Waals surface area contributed by atoms with Crippen LogP contribution in [0.1, 0.15) is 6.42 Å². The topological polar surface area (TPSA) is 43.6 Å². The van der Waals surface area contributed by atoms with E-state index >= 15 is 0 Å². The standard InChI is InChI=1S/C17H15BrN2O2S/c1-20-16-13(18)8-5-9-14(16)23-17(20)19-15(21)10-11-22-12-6-3-2-4-7-12/h2-9H,10-11H2,1H3. The molecule has 2 aromatic carbocycles. The van der Waals surface area contributed by atoms with Gasteiger partial charge in [-0.2, -0.15) is 4.99 Å². The fourth-order valence-corrected chi connectivity index (χ4v) is 4.03. The van der Waals surface area contributed by atoms with Crippen molar-refractivity contribution in [3.8, 4) is 5.75 Å². The number of fused-ring (bicyclic) bond motifs is 1. The number of hydrogen-bond acceptors (Lipinski definition) is 3. The number of rotatable bonds is 4. The molecule has 23 heavy (non-hydrogen) atoms. The molecule has 0 aliphatic rings. The Morgan fingerprint density at radius 3 is 2.74 bits per heavy atom. The number of benzene rings is 2. The zero-order chi connectivity index (χ0) is 16.2. The van der Waals surface area contributed by atoms with Crippen molar-refractivity contribution in [1.82, 2.24) is 4.57 Å². The van der Waals surface area contributed by atoms with Crippen molar-refractivity contribution in [1.29, 1.82) is 0 Å². The van der Waals surface area contributed by atoms with E-state index in [1.165, 1.54) is 11.3 Å². The van der Waals surface area contributed by atoms with Crippen LogP contribution >= 0.6 is 27.3 Å². The molecule has 0 fully saturated rings. The van der Waals surface area contributed by atoms with Gasteiger partial charge >= 0.3 is 0 Å². The van der Waals surface area contributed by atoms with Crippen LogP contribution in [0.2, 0.25) is 0 Å². The maximum atomic E-state index is 12.1. The van der Waals surface area contributed by atoms with Gasteiger partial charge in [-0.3, -0.25) is 4.79 Å². The zero-order valence-corrected chi connectivity index (χ0v) is 14.9. The first-order chi connectivity index (χ1) is 11.1. The Kier molecular flexibility index (Phi) is 4.93. The first-order valence-electron chi connectivity index (χ1n) is 7.14. The first-order valence-corrected chi connectivity index (χ1v) is 8.75. The summed E-state index contributed by atoms with van der Waals surface area (Å²) in [6.07, 6.45) is 0.254. The number of carbonyl (C=O) groups excluding carboxylic acids is 1. The number of aryl methyl sites for hydroxylation is 1. The molecule has 0 atom stereocenters. The van der Waals surface area contributed by atoms with Crippen molar-refractivity contribution in [2.75, 3.05) is 6.61 Å². The molecule has 118 valence electrons. The minimum atomic E-state index is -0.181. The maximum Gasteiger partial charge on any atom is 0.251 e. The SMILES string of the molecule is Cn1c(=NC(=O)CCOc2ccccc2)sc2cccc(Br)c21. The molecular weight excluding hydrogens is 376 g/mol. The van der Waals surface area contributed by atoms with Gasteiger partial charge < -0.3 is 9.30 Å². The third kappa shape index (κ3) is 3.71. The molecule has 0 N–H and O–H groups in total. The van der Waals surface area contributed by atoms with Crippen molar-refractivity contribution in [3.05, 3.63) is 57.8 Å². The van der Waals surface area contributed by atoms with Gasteiger partial charge in [0.1, 0.15) is 5.75 Å². The van der Waals surface area contributed by atoms with Gasteiger partial charge in [-0.25, -0.2) is 0 Å².